The Balaban J connectivity index is 1.60. The minimum atomic E-state index is -0.287. The van der Waals surface area contributed by atoms with Gasteiger partial charge in [-0.3, -0.25) is 9.48 Å². The molecule has 1 spiro atoms. The zero-order valence-corrected chi connectivity index (χ0v) is 13.5. The molecular weight excluding hydrogens is 282 g/mol. The van der Waals surface area contributed by atoms with Crippen LogP contribution in [-0.4, -0.2) is 59.1 Å². The molecule has 122 valence electrons. The number of aromatic nitrogens is 2. The van der Waals surface area contributed by atoms with Gasteiger partial charge in [0.05, 0.1) is 12.6 Å². The van der Waals surface area contributed by atoms with Gasteiger partial charge in [0.15, 0.2) is 0 Å². The average Bonchev–Trinajstić information content (AvgIpc) is 3.14. The maximum atomic E-state index is 12.5. The molecule has 2 aliphatic heterocycles. The minimum Gasteiger partial charge on any atom is -0.378 e. The lowest BCUT2D eigenvalue weighted by atomic mass is 9.86. The number of carbonyl (C=O) groups is 1. The molecule has 6 heteroatoms. The van der Waals surface area contributed by atoms with Gasteiger partial charge in [0.1, 0.15) is 5.60 Å². The zero-order chi connectivity index (χ0) is 15.6. The Hall–Kier alpha value is -1.40. The van der Waals surface area contributed by atoms with E-state index in [0.717, 1.165) is 38.1 Å². The molecule has 1 aromatic heterocycles. The number of likely N-dealkylation sites (tertiary alicyclic amines) is 1. The highest BCUT2D eigenvalue weighted by Gasteiger charge is 2.48. The molecule has 0 N–H and O–H groups in total. The van der Waals surface area contributed by atoms with Gasteiger partial charge in [-0.05, 0) is 32.3 Å². The van der Waals surface area contributed by atoms with Crippen molar-refractivity contribution in [3.63, 3.8) is 0 Å². The molecule has 3 heterocycles. The number of nitrogens with zero attached hydrogens (tertiary/aromatic N) is 3. The van der Waals surface area contributed by atoms with Crippen LogP contribution in [0.15, 0.2) is 12.3 Å². The number of ether oxygens (including phenoxy) is 2. The summed E-state index contributed by atoms with van der Waals surface area (Å²) in [7, 11) is 1.74. The smallest absolute Gasteiger partial charge is 0.224 e. The third kappa shape index (κ3) is 2.90. The fraction of sp³-hybridized carbons (Fsp3) is 0.750. The largest absolute Gasteiger partial charge is 0.378 e. The highest BCUT2D eigenvalue weighted by Crippen LogP contribution is 2.36. The van der Waals surface area contributed by atoms with Crippen LogP contribution in [-0.2, 0) is 20.8 Å². The lowest BCUT2D eigenvalue weighted by Crippen LogP contribution is -2.58. The van der Waals surface area contributed by atoms with Crippen molar-refractivity contribution in [1.82, 2.24) is 14.7 Å². The van der Waals surface area contributed by atoms with Crippen molar-refractivity contribution in [1.29, 1.82) is 0 Å². The second kappa shape index (κ2) is 6.38. The van der Waals surface area contributed by atoms with Gasteiger partial charge in [-0.1, -0.05) is 0 Å². The van der Waals surface area contributed by atoms with Gasteiger partial charge in [0, 0.05) is 45.1 Å². The van der Waals surface area contributed by atoms with E-state index in [-0.39, 0.29) is 17.6 Å². The van der Waals surface area contributed by atoms with Crippen LogP contribution in [0.4, 0.5) is 0 Å². The number of hydrogen-bond acceptors (Lipinski definition) is 4. The van der Waals surface area contributed by atoms with Gasteiger partial charge in [-0.25, -0.2) is 0 Å². The molecule has 1 aromatic rings. The number of amides is 1. The summed E-state index contributed by atoms with van der Waals surface area (Å²) in [6.07, 6.45) is 5.24. The number of rotatable bonds is 4. The third-order valence-corrected chi connectivity index (χ3v) is 4.94. The molecule has 0 aliphatic carbocycles. The summed E-state index contributed by atoms with van der Waals surface area (Å²) in [4.78, 5) is 14.5. The predicted octanol–water partition coefficient (Wildman–Crippen LogP) is 1.38. The molecule has 0 bridgehead atoms. The summed E-state index contributed by atoms with van der Waals surface area (Å²) < 4.78 is 13.5. The van der Waals surface area contributed by atoms with Gasteiger partial charge in [0.25, 0.3) is 0 Å². The molecule has 0 saturated carbocycles. The van der Waals surface area contributed by atoms with Gasteiger partial charge in [-0.2, -0.15) is 5.10 Å². The van der Waals surface area contributed by atoms with E-state index in [1.165, 1.54) is 0 Å². The van der Waals surface area contributed by atoms with Crippen molar-refractivity contribution < 1.29 is 14.3 Å². The van der Waals surface area contributed by atoms with E-state index in [9.17, 15) is 4.79 Å². The van der Waals surface area contributed by atoms with E-state index in [1.807, 2.05) is 22.6 Å². The van der Waals surface area contributed by atoms with Crippen LogP contribution in [0.2, 0.25) is 0 Å². The number of carbonyl (C=O) groups excluding carboxylic acids is 1. The summed E-state index contributed by atoms with van der Waals surface area (Å²) in [5, 5.41) is 4.23. The third-order valence-electron chi connectivity index (χ3n) is 4.94. The normalized spacial score (nSPS) is 28.5. The topological polar surface area (TPSA) is 56.6 Å². The van der Waals surface area contributed by atoms with Crippen molar-refractivity contribution in [2.24, 2.45) is 0 Å². The average molecular weight is 307 g/mol. The van der Waals surface area contributed by atoms with E-state index < -0.39 is 0 Å². The predicted molar refractivity (Wildman–Crippen MR) is 81.5 cm³/mol. The quantitative estimate of drug-likeness (QED) is 0.843. The Kier molecular flexibility index (Phi) is 4.49. The van der Waals surface area contributed by atoms with Crippen molar-refractivity contribution >= 4 is 5.91 Å². The molecule has 22 heavy (non-hydrogen) atoms. The van der Waals surface area contributed by atoms with Crippen LogP contribution in [0, 0.1) is 6.92 Å². The number of piperidine rings is 1. The zero-order valence-electron chi connectivity index (χ0n) is 13.5. The van der Waals surface area contributed by atoms with Gasteiger partial charge < -0.3 is 14.4 Å². The number of hydrogen-bond donors (Lipinski definition) is 0. The molecule has 2 saturated heterocycles. The highest BCUT2D eigenvalue weighted by atomic mass is 16.6. The van der Waals surface area contributed by atoms with Gasteiger partial charge in [-0.15, -0.1) is 0 Å². The van der Waals surface area contributed by atoms with Crippen LogP contribution < -0.4 is 0 Å². The van der Waals surface area contributed by atoms with Crippen molar-refractivity contribution in [2.45, 2.75) is 50.9 Å². The minimum absolute atomic E-state index is 0.104. The Morgan fingerprint density at radius 1 is 1.59 bits per heavy atom. The first-order valence-electron chi connectivity index (χ1n) is 8.07. The second-order valence-corrected chi connectivity index (χ2v) is 6.29. The van der Waals surface area contributed by atoms with E-state index in [4.69, 9.17) is 9.47 Å². The molecular formula is C16H25N3O3. The van der Waals surface area contributed by atoms with E-state index in [1.54, 1.807) is 13.3 Å². The van der Waals surface area contributed by atoms with Crippen LogP contribution in [0.1, 0.15) is 31.4 Å². The SMILES string of the molecule is CO[C@H]1CCN(C(=O)CCn2nccc2C)C[C@@]12CCCO2. The van der Waals surface area contributed by atoms with Crippen LogP contribution in [0.3, 0.4) is 0 Å². The number of methoxy groups -OCH3 is 1. The molecule has 1 amide bonds. The summed E-state index contributed by atoms with van der Waals surface area (Å²) in [5.41, 5.74) is 0.797. The molecule has 3 rings (SSSR count). The fourth-order valence-corrected chi connectivity index (χ4v) is 3.68. The Bertz CT molecular complexity index is 522. The molecule has 0 unspecified atom stereocenters. The standard InChI is InChI=1S/C16H25N3O3/c1-13-4-8-17-19(13)10-6-15(20)18-9-5-14(21-2)16(12-18)7-3-11-22-16/h4,8,14H,3,5-7,9-12H2,1-2H3/t14-,16-/m0/s1. The monoisotopic (exact) mass is 307 g/mol. The van der Waals surface area contributed by atoms with Crippen molar-refractivity contribution in [2.75, 3.05) is 26.8 Å². The summed E-state index contributed by atoms with van der Waals surface area (Å²) >= 11 is 0. The van der Waals surface area contributed by atoms with Gasteiger partial charge in [0.2, 0.25) is 5.91 Å². The lowest BCUT2D eigenvalue weighted by molar-refractivity contribution is -0.160. The molecule has 0 aromatic carbocycles. The van der Waals surface area contributed by atoms with Crippen LogP contribution in [0.5, 0.6) is 0 Å². The molecule has 0 radical (unpaired) electrons. The maximum Gasteiger partial charge on any atom is 0.224 e. The maximum absolute atomic E-state index is 12.5. The first kappa shape index (κ1) is 15.5. The number of aryl methyl sites for hydroxylation is 2. The van der Waals surface area contributed by atoms with E-state index >= 15 is 0 Å². The molecule has 6 nitrogen and oxygen atoms in total. The van der Waals surface area contributed by atoms with E-state index in [0.29, 0.717) is 19.5 Å². The lowest BCUT2D eigenvalue weighted by Gasteiger charge is -2.44. The fourth-order valence-electron chi connectivity index (χ4n) is 3.68. The first-order chi connectivity index (χ1) is 10.6. The molecule has 2 fully saturated rings. The molecule has 2 aliphatic rings. The Labute approximate surface area is 131 Å². The van der Waals surface area contributed by atoms with Crippen molar-refractivity contribution in [3.8, 4) is 0 Å². The summed E-state index contributed by atoms with van der Waals surface area (Å²) in [5.74, 6) is 0.180. The second-order valence-electron chi connectivity index (χ2n) is 6.29. The first-order valence-corrected chi connectivity index (χ1v) is 8.07. The van der Waals surface area contributed by atoms with Crippen molar-refractivity contribution in [3.05, 3.63) is 18.0 Å². The summed E-state index contributed by atoms with van der Waals surface area (Å²) in [6, 6.07) is 1.95. The molecule has 2 atom stereocenters. The van der Waals surface area contributed by atoms with Gasteiger partial charge >= 0.3 is 0 Å². The summed E-state index contributed by atoms with van der Waals surface area (Å²) in [6.45, 7) is 4.82. The van der Waals surface area contributed by atoms with E-state index in [2.05, 4.69) is 5.10 Å². The highest BCUT2D eigenvalue weighted by molar-refractivity contribution is 5.76. The Morgan fingerprint density at radius 2 is 2.45 bits per heavy atom. The van der Waals surface area contributed by atoms with Crippen LogP contribution >= 0.6 is 0 Å². The Morgan fingerprint density at radius 3 is 3.09 bits per heavy atom. The van der Waals surface area contributed by atoms with Crippen LogP contribution in [0.25, 0.3) is 0 Å².